The second-order valence-corrected chi connectivity index (χ2v) is 6.54. The van der Waals surface area contributed by atoms with Crippen molar-refractivity contribution in [2.75, 3.05) is 19.6 Å². The summed E-state index contributed by atoms with van der Waals surface area (Å²) in [6, 6.07) is 9.24. The van der Waals surface area contributed by atoms with Crippen LogP contribution in [0.1, 0.15) is 37.3 Å². The van der Waals surface area contributed by atoms with Crippen LogP contribution in [0.3, 0.4) is 0 Å². The fourth-order valence-corrected chi connectivity index (χ4v) is 3.18. The molecule has 0 saturated carbocycles. The van der Waals surface area contributed by atoms with Crippen LogP contribution in [0, 0.1) is 12.3 Å². The highest BCUT2D eigenvalue weighted by Crippen LogP contribution is 2.36. The zero-order valence-corrected chi connectivity index (χ0v) is 14.6. The smallest absolute Gasteiger partial charge is 0.318 e. The molecule has 3 amide bonds. The van der Waals surface area contributed by atoms with Gasteiger partial charge in [-0.1, -0.05) is 30.3 Å². The quantitative estimate of drug-likeness (QED) is 0.667. The molecule has 2 aliphatic rings. The molecule has 0 spiro atoms. The van der Waals surface area contributed by atoms with E-state index in [0.717, 1.165) is 12.0 Å². The lowest BCUT2D eigenvalue weighted by Gasteiger charge is -2.27. The molecular formula is C19H23N5O2. The lowest BCUT2D eigenvalue weighted by atomic mass is 10.0. The number of terminal acetylenes is 1. The first-order chi connectivity index (χ1) is 12.6. The Labute approximate surface area is 153 Å². The van der Waals surface area contributed by atoms with Gasteiger partial charge < -0.3 is 15.5 Å². The Bertz CT molecular complexity index is 719. The van der Waals surface area contributed by atoms with Crippen molar-refractivity contribution in [1.29, 1.82) is 0 Å². The van der Waals surface area contributed by atoms with Crippen LogP contribution in [-0.2, 0) is 4.79 Å². The van der Waals surface area contributed by atoms with E-state index in [9.17, 15) is 9.59 Å². The summed E-state index contributed by atoms with van der Waals surface area (Å²) >= 11 is 0. The largest absolute Gasteiger partial charge is 0.356 e. The summed E-state index contributed by atoms with van der Waals surface area (Å²) in [5.41, 5.74) is 0.560. The molecule has 2 heterocycles. The zero-order valence-electron chi connectivity index (χ0n) is 14.6. The van der Waals surface area contributed by atoms with Crippen molar-refractivity contribution in [2.45, 2.75) is 37.4 Å². The Morgan fingerprint density at radius 2 is 2.12 bits per heavy atom. The van der Waals surface area contributed by atoms with E-state index in [0.29, 0.717) is 32.5 Å². The number of hydrogen-bond acceptors (Lipinski definition) is 4. The van der Waals surface area contributed by atoms with Crippen LogP contribution in [0.5, 0.6) is 0 Å². The maximum atomic E-state index is 12.4. The van der Waals surface area contributed by atoms with Crippen LogP contribution in [0.25, 0.3) is 0 Å². The lowest BCUT2D eigenvalue weighted by Crippen LogP contribution is -2.37. The van der Waals surface area contributed by atoms with Gasteiger partial charge in [0.1, 0.15) is 0 Å². The van der Waals surface area contributed by atoms with Crippen LogP contribution in [-0.4, -0.2) is 42.1 Å². The number of nitrogens with one attached hydrogen (secondary N) is 2. The molecule has 2 aliphatic heterocycles. The van der Waals surface area contributed by atoms with Gasteiger partial charge in [-0.2, -0.15) is 10.2 Å². The molecular weight excluding hydrogens is 330 g/mol. The number of carbonyl (C=O) groups excluding carboxylic acids is 2. The molecule has 0 bridgehead atoms. The third kappa shape index (κ3) is 4.39. The molecule has 2 N–H and O–H groups in total. The molecule has 1 atom stereocenters. The Morgan fingerprint density at radius 3 is 2.73 bits per heavy atom. The van der Waals surface area contributed by atoms with E-state index in [1.807, 2.05) is 30.3 Å². The molecule has 1 saturated heterocycles. The highest BCUT2D eigenvalue weighted by Gasteiger charge is 2.38. The predicted octanol–water partition coefficient (Wildman–Crippen LogP) is 2.22. The molecule has 1 aromatic carbocycles. The topological polar surface area (TPSA) is 86.2 Å². The van der Waals surface area contributed by atoms with Gasteiger partial charge in [-0.25, -0.2) is 4.79 Å². The molecule has 136 valence electrons. The highest BCUT2D eigenvalue weighted by molar-refractivity contribution is 5.80. The van der Waals surface area contributed by atoms with Crippen molar-refractivity contribution in [2.24, 2.45) is 10.2 Å². The van der Waals surface area contributed by atoms with E-state index < -0.39 is 5.66 Å². The minimum Gasteiger partial charge on any atom is -0.356 e. The van der Waals surface area contributed by atoms with E-state index in [4.69, 9.17) is 6.42 Å². The van der Waals surface area contributed by atoms with E-state index in [-0.39, 0.29) is 24.4 Å². The van der Waals surface area contributed by atoms with Crippen molar-refractivity contribution in [3.63, 3.8) is 0 Å². The van der Waals surface area contributed by atoms with Crippen LogP contribution < -0.4 is 10.6 Å². The van der Waals surface area contributed by atoms with E-state index in [2.05, 4.69) is 26.8 Å². The summed E-state index contributed by atoms with van der Waals surface area (Å²) < 4.78 is 0. The molecule has 1 fully saturated rings. The van der Waals surface area contributed by atoms with Crippen LogP contribution in [0.15, 0.2) is 40.6 Å². The van der Waals surface area contributed by atoms with Gasteiger partial charge in [-0.3, -0.25) is 4.79 Å². The van der Waals surface area contributed by atoms with Gasteiger partial charge in [0.25, 0.3) is 0 Å². The van der Waals surface area contributed by atoms with Crippen molar-refractivity contribution in [3.05, 3.63) is 35.9 Å². The molecule has 0 radical (unpaired) electrons. The average molecular weight is 353 g/mol. The van der Waals surface area contributed by atoms with Gasteiger partial charge in [0, 0.05) is 38.9 Å². The summed E-state index contributed by atoms with van der Waals surface area (Å²) in [5, 5.41) is 13.9. The standard InChI is InChI=1S/C19H23N5O2/c1-2-3-9-19(22-23-19)10-11-20-17(25)14-16(15-7-5-4-6-8-15)24-13-12-21-18(24)26/h1,4-8,16H,3,9-14H2,(H,20,25)(H,21,26). The second-order valence-electron chi connectivity index (χ2n) is 6.54. The minimum absolute atomic E-state index is 0.0914. The van der Waals surface area contributed by atoms with Gasteiger partial charge in [0.05, 0.1) is 12.5 Å². The Hall–Kier alpha value is -2.88. The van der Waals surface area contributed by atoms with Gasteiger partial charge in [-0.15, -0.1) is 12.3 Å². The first-order valence-electron chi connectivity index (χ1n) is 8.87. The molecule has 26 heavy (non-hydrogen) atoms. The third-order valence-corrected chi connectivity index (χ3v) is 4.73. The molecule has 1 aromatic rings. The Kier molecular flexibility index (Phi) is 5.52. The van der Waals surface area contributed by atoms with Crippen molar-refractivity contribution in [3.8, 4) is 12.3 Å². The first kappa shape index (κ1) is 17.9. The fraction of sp³-hybridized carbons (Fsp3) is 0.474. The number of carbonyl (C=O) groups is 2. The van der Waals surface area contributed by atoms with Crippen molar-refractivity contribution < 1.29 is 9.59 Å². The fourth-order valence-electron chi connectivity index (χ4n) is 3.18. The highest BCUT2D eigenvalue weighted by atomic mass is 16.2. The van der Waals surface area contributed by atoms with Gasteiger partial charge >= 0.3 is 6.03 Å². The number of rotatable bonds is 9. The minimum atomic E-state index is -0.396. The maximum Gasteiger partial charge on any atom is 0.318 e. The van der Waals surface area contributed by atoms with E-state index in [1.165, 1.54) is 0 Å². The molecule has 0 aromatic heterocycles. The first-order valence-corrected chi connectivity index (χ1v) is 8.87. The molecule has 3 rings (SSSR count). The SMILES string of the molecule is C#CCCC1(CCNC(=O)CC(c2ccccc2)N2CCNC2=O)N=N1. The number of hydrogen-bond donors (Lipinski definition) is 2. The summed E-state index contributed by atoms with van der Waals surface area (Å²) in [6.07, 6.45) is 7.51. The maximum absolute atomic E-state index is 12.4. The van der Waals surface area contributed by atoms with Crippen LogP contribution in [0.4, 0.5) is 4.79 Å². The number of benzene rings is 1. The Morgan fingerprint density at radius 1 is 1.35 bits per heavy atom. The average Bonchev–Trinajstić information content (AvgIpc) is 3.30. The van der Waals surface area contributed by atoms with Crippen molar-refractivity contribution >= 4 is 11.9 Å². The monoisotopic (exact) mass is 353 g/mol. The molecule has 1 unspecified atom stereocenters. The van der Waals surface area contributed by atoms with Crippen molar-refractivity contribution in [1.82, 2.24) is 15.5 Å². The van der Waals surface area contributed by atoms with E-state index >= 15 is 0 Å². The zero-order chi connectivity index (χ0) is 18.4. The van der Waals surface area contributed by atoms with Gasteiger partial charge in [0.2, 0.25) is 5.91 Å². The summed E-state index contributed by atoms with van der Waals surface area (Å²) in [7, 11) is 0. The van der Waals surface area contributed by atoms with Crippen LogP contribution in [0.2, 0.25) is 0 Å². The van der Waals surface area contributed by atoms with E-state index in [1.54, 1.807) is 4.90 Å². The van der Waals surface area contributed by atoms with Gasteiger partial charge in [-0.05, 0) is 5.56 Å². The Balaban J connectivity index is 1.54. The number of urea groups is 1. The van der Waals surface area contributed by atoms with Crippen LogP contribution >= 0.6 is 0 Å². The lowest BCUT2D eigenvalue weighted by molar-refractivity contribution is -0.122. The summed E-state index contributed by atoms with van der Waals surface area (Å²) in [5.74, 6) is 2.50. The molecule has 7 nitrogen and oxygen atoms in total. The molecule has 0 aliphatic carbocycles. The second kappa shape index (κ2) is 8.00. The summed E-state index contributed by atoms with van der Waals surface area (Å²) in [4.78, 5) is 26.2. The number of nitrogens with zero attached hydrogens (tertiary/aromatic N) is 3. The number of amides is 3. The summed E-state index contributed by atoms with van der Waals surface area (Å²) in [6.45, 7) is 1.69. The predicted molar refractivity (Wildman–Crippen MR) is 97.2 cm³/mol. The molecule has 7 heteroatoms. The normalized spacial score (nSPS) is 18.1. The van der Waals surface area contributed by atoms with Gasteiger partial charge in [0.15, 0.2) is 5.66 Å². The third-order valence-electron chi connectivity index (χ3n) is 4.73.